The van der Waals surface area contributed by atoms with E-state index in [2.05, 4.69) is 4.98 Å². The number of ether oxygens (including phenoxy) is 3. The number of ketones is 1. The summed E-state index contributed by atoms with van der Waals surface area (Å²) in [6, 6.07) is 10.5. The average Bonchev–Trinajstić information content (AvgIpc) is 3.21. The van der Waals surface area contributed by atoms with Gasteiger partial charge in [-0.25, -0.2) is 14.2 Å². The maximum absolute atomic E-state index is 13.2. The SMILES string of the molecule is COc1ccc(-c2nc(C(=O)OCC(=O)c3cccc(F)c3)cs2)cc1OC. The number of hydrogen-bond donors (Lipinski definition) is 0. The lowest BCUT2D eigenvalue weighted by molar-refractivity contribution is 0.0470. The van der Waals surface area contributed by atoms with E-state index in [1.807, 2.05) is 0 Å². The molecule has 28 heavy (non-hydrogen) atoms. The Morgan fingerprint density at radius 1 is 1.07 bits per heavy atom. The fourth-order valence-electron chi connectivity index (χ4n) is 2.42. The molecule has 0 fully saturated rings. The van der Waals surface area contributed by atoms with Gasteiger partial charge >= 0.3 is 5.97 Å². The van der Waals surface area contributed by atoms with Crippen LogP contribution in [0, 0.1) is 5.82 Å². The molecule has 0 radical (unpaired) electrons. The lowest BCUT2D eigenvalue weighted by Crippen LogP contribution is -2.14. The Bertz CT molecular complexity index is 1020. The lowest BCUT2D eigenvalue weighted by atomic mass is 10.1. The summed E-state index contributed by atoms with van der Waals surface area (Å²) in [4.78, 5) is 28.4. The summed E-state index contributed by atoms with van der Waals surface area (Å²) in [5.74, 6) is -0.634. The van der Waals surface area contributed by atoms with Gasteiger partial charge in [0, 0.05) is 16.5 Å². The molecule has 3 rings (SSSR count). The van der Waals surface area contributed by atoms with E-state index in [0.717, 1.165) is 11.6 Å². The summed E-state index contributed by atoms with van der Waals surface area (Å²) in [6.45, 7) is -0.495. The van der Waals surface area contributed by atoms with Gasteiger partial charge in [-0.2, -0.15) is 0 Å². The van der Waals surface area contributed by atoms with Crippen molar-refractivity contribution < 1.29 is 28.2 Å². The van der Waals surface area contributed by atoms with Gasteiger partial charge in [0.2, 0.25) is 0 Å². The van der Waals surface area contributed by atoms with E-state index >= 15 is 0 Å². The normalized spacial score (nSPS) is 10.4. The Hall–Kier alpha value is -3.26. The molecule has 6 nitrogen and oxygen atoms in total. The number of thiazole rings is 1. The summed E-state index contributed by atoms with van der Waals surface area (Å²) in [5.41, 5.74) is 0.969. The second-order valence-corrected chi connectivity index (χ2v) is 6.48. The summed E-state index contributed by atoms with van der Waals surface area (Å²) in [6.07, 6.45) is 0. The van der Waals surface area contributed by atoms with Gasteiger partial charge in [-0.1, -0.05) is 12.1 Å². The molecule has 1 heterocycles. The first-order chi connectivity index (χ1) is 13.5. The molecule has 0 saturated carbocycles. The predicted molar refractivity (Wildman–Crippen MR) is 102 cm³/mol. The van der Waals surface area contributed by atoms with E-state index in [0.29, 0.717) is 16.5 Å². The highest BCUT2D eigenvalue weighted by molar-refractivity contribution is 7.13. The summed E-state index contributed by atoms with van der Waals surface area (Å²) in [5, 5.41) is 2.13. The van der Waals surface area contributed by atoms with Gasteiger partial charge in [-0.3, -0.25) is 4.79 Å². The van der Waals surface area contributed by atoms with Crippen LogP contribution in [0.1, 0.15) is 20.8 Å². The van der Waals surface area contributed by atoms with E-state index < -0.39 is 24.2 Å². The highest BCUT2D eigenvalue weighted by Crippen LogP contribution is 2.33. The maximum atomic E-state index is 13.2. The molecule has 0 atom stereocenters. The van der Waals surface area contributed by atoms with Gasteiger partial charge in [0.25, 0.3) is 0 Å². The number of rotatable bonds is 7. The molecule has 0 N–H and O–H groups in total. The number of benzene rings is 2. The van der Waals surface area contributed by atoms with Gasteiger partial charge < -0.3 is 14.2 Å². The standard InChI is InChI=1S/C20H16FNO5S/c1-25-17-7-6-13(9-18(17)26-2)19-22-15(11-28-19)20(24)27-10-16(23)12-4-3-5-14(21)8-12/h3-9,11H,10H2,1-2H3. The molecular formula is C20H16FNO5S. The molecule has 8 heteroatoms. The molecule has 144 valence electrons. The van der Waals surface area contributed by atoms with Gasteiger partial charge in [0.1, 0.15) is 10.8 Å². The van der Waals surface area contributed by atoms with Crippen molar-refractivity contribution in [3.05, 3.63) is 64.9 Å². The van der Waals surface area contributed by atoms with Crippen LogP contribution in [0.25, 0.3) is 10.6 Å². The molecule has 1 aromatic heterocycles. The van der Waals surface area contributed by atoms with Crippen molar-refractivity contribution in [3.8, 4) is 22.1 Å². The molecule has 0 spiro atoms. The number of nitrogens with zero attached hydrogens (tertiary/aromatic N) is 1. The zero-order chi connectivity index (χ0) is 20.1. The van der Waals surface area contributed by atoms with E-state index in [1.165, 1.54) is 36.6 Å². The number of halogens is 1. The van der Waals surface area contributed by atoms with Crippen molar-refractivity contribution in [1.29, 1.82) is 0 Å². The predicted octanol–water partition coefficient (Wildman–Crippen LogP) is 4.01. The van der Waals surface area contributed by atoms with E-state index in [-0.39, 0.29) is 11.3 Å². The van der Waals surface area contributed by atoms with Crippen LogP contribution in [0.5, 0.6) is 11.5 Å². The fourth-order valence-corrected chi connectivity index (χ4v) is 3.21. The largest absolute Gasteiger partial charge is 0.493 e. The minimum Gasteiger partial charge on any atom is -0.493 e. The quantitative estimate of drug-likeness (QED) is 0.440. The van der Waals surface area contributed by atoms with Gasteiger partial charge in [-0.15, -0.1) is 11.3 Å². The third-order valence-corrected chi connectivity index (χ3v) is 4.72. The molecule has 0 amide bonds. The van der Waals surface area contributed by atoms with Crippen molar-refractivity contribution >= 4 is 23.1 Å². The second kappa shape index (κ2) is 8.62. The number of methoxy groups -OCH3 is 2. The molecule has 0 saturated heterocycles. The van der Waals surface area contributed by atoms with Crippen LogP contribution in [0.2, 0.25) is 0 Å². The Morgan fingerprint density at radius 3 is 2.57 bits per heavy atom. The molecular weight excluding hydrogens is 385 g/mol. The third-order valence-electron chi connectivity index (χ3n) is 3.82. The van der Waals surface area contributed by atoms with Crippen molar-refractivity contribution in [1.82, 2.24) is 4.98 Å². The van der Waals surface area contributed by atoms with Crippen molar-refractivity contribution in [2.24, 2.45) is 0 Å². The van der Waals surface area contributed by atoms with Crippen molar-refractivity contribution in [3.63, 3.8) is 0 Å². The first kappa shape index (κ1) is 19.5. The number of aromatic nitrogens is 1. The van der Waals surface area contributed by atoms with Crippen LogP contribution in [-0.2, 0) is 4.74 Å². The molecule has 0 aliphatic heterocycles. The molecule has 0 aliphatic carbocycles. The Morgan fingerprint density at radius 2 is 1.86 bits per heavy atom. The van der Waals surface area contributed by atoms with Crippen molar-refractivity contribution in [2.45, 2.75) is 0 Å². The number of Topliss-reactive ketones (excluding diaryl/α,β-unsaturated/α-hetero) is 1. The highest BCUT2D eigenvalue weighted by Gasteiger charge is 2.17. The molecule has 2 aromatic carbocycles. The van der Waals surface area contributed by atoms with E-state index in [4.69, 9.17) is 14.2 Å². The molecule has 3 aromatic rings. The Balaban J connectivity index is 1.68. The number of esters is 1. The minimum absolute atomic E-state index is 0.0850. The monoisotopic (exact) mass is 401 g/mol. The number of carbonyl (C=O) groups excluding carboxylic acids is 2. The number of carbonyl (C=O) groups is 2. The molecule has 0 unspecified atom stereocenters. The maximum Gasteiger partial charge on any atom is 0.358 e. The first-order valence-electron chi connectivity index (χ1n) is 8.15. The zero-order valence-electron chi connectivity index (χ0n) is 15.1. The fraction of sp³-hybridized carbons (Fsp3) is 0.150. The van der Waals surface area contributed by atoms with Crippen LogP contribution in [-0.4, -0.2) is 37.6 Å². The summed E-state index contributed by atoms with van der Waals surface area (Å²) < 4.78 is 28.6. The first-order valence-corrected chi connectivity index (χ1v) is 9.03. The van der Waals surface area contributed by atoms with Gasteiger partial charge in [0.05, 0.1) is 14.2 Å². The van der Waals surface area contributed by atoms with Crippen LogP contribution < -0.4 is 9.47 Å². The Labute approximate surface area is 164 Å². The molecule has 0 aliphatic rings. The topological polar surface area (TPSA) is 74.7 Å². The number of hydrogen-bond acceptors (Lipinski definition) is 7. The summed E-state index contributed by atoms with van der Waals surface area (Å²) >= 11 is 1.25. The third kappa shape index (κ3) is 4.34. The van der Waals surface area contributed by atoms with Gasteiger partial charge in [-0.05, 0) is 30.3 Å². The molecule has 0 bridgehead atoms. The van der Waals surface area contributed by atoms with Crippen molar-refractivity contribution in [2.75, 3.05) is 20.8 Å². The van der Waals surface area contributed by atoms with E-state index in [9.17, 15) is 14.0 Å². The smallest absolute Gasteiger partial charge is 0.358 e. The Kier molecular flexibility index (Phi) is 6.00. The lowest BCUT2D eigenvalue weighted by Gasteiger charge is -2.08. The second-order valence-electron chi connectivity index (χ2n) is 5.62. The van der Waals surface area contributed by atoms with E-state index in [1.54, 1.807) is 30.7 Å². The highest BCUT2D eigenvalue weighted by atomic mass is 32.1. The van der Waals surface area contributed by atoms with Gasteiger partial charge in [0.15, 0.2) is 29.6 Å². The summed E-state index contributed by atoms with van der Waals surface area (Å²) in [7, 11) is 3.07. The van der Waals surface area contributed by atoms with Crippen LogP contribution >= 0.6 is 11.3 Å². The van der Waals surface area contributed by atoms with Crippen LogP contribution in [0.3, 0.4) is 0 Å². The minimum atomic E-state index is -0.729. The average molecular weight is 401 g/mol. The van der Waals surface area contributed by atoms with Crippen LogP contribution in [0.15, 0.2) is 47.8 Å². The van der Waals surface area contributed by atoms with Crippen LogP contribution in [0.4, 0.5) is 4.39 Å². The zero-order valence-corrected chi connectivity index (χ0v) is 15.9.